The van der Waals surface area contributed by atoms with Crippen LogP contribution in [0.5, 0.6) is 17.2 Å². The van der Waals surface area contributed by atoms with E-state index in [2.05, 4.69) is 6.07 Å². The van der Waals surface area contributed by atoms with Crippen LogP contribution < -0.4 is 19.9 Å². The highest BCUT2D eigenvalue weighted by Crippen LogP contribution is 2.36. The van der Waals surface area contributed by atoms with Crippen LogP contribution in [0.15, 0.2) is 30.3 Å². The van der Waals surface area contributed by atoms with Gasteiger partial charge in [-0.25, -0.2) is 0 Å². The fourth-order valence-corrected chi connectivity index (χ4v) is 2.67. The maximum absolute atomic E-state index is 6.30. The van der Waals surface area contributed by atoms with Crippen LogP contribution in [0.3, 0.4) is 0 Å². The average Bonchev–Trinajstić information content (AvgIpc) is 2.56. The van der Waals surface area contributed by atoms with Crippen LogP contribution in [0, 0.1) is 13.8 Å². The summed E-state index contributed by atoms with van der Waals surface area (Å²) in [7, 11) is 1.59. The van der Waals surface area contributed by atoms with Gasteiger partial charge in [-0.05, 0) is 61.7 Å². The second kappa shape index (κ2) is 8.81. The molecule has 0 saturated heterocycles. The topological polar surface area (TPSA) is 53.7 Å². The van der Waals surface area contributed by atoms with Crippen LogP contribution in [-0.4, -0.2) is 26.9 Å². The molecule has 0 saturated carbocycles. The highest BCUT2D eigenvalue weighted by atomic mass is 35.5. The van der Waals surface area contributed by atoms with Crippen molar-refractivity contribution in [2.75, 3.05) is 26.9 Å². The fraction of sp³-hybridized carbons (Fsp3) is 0.368. The van der Waals surface area contributed by atoms with Crippen molar-refractivity contribution in [1.29, 1.82) is 0 Å². The summed E-state index contributed by atoms with van der Waals surface area (Å²) in [5.74, 6) is 2.01. The molecular formula is C19H24ClNO3. The van der Waals surface area contributed by atoms with Crippen LogP contribution in [0.1, 0.15) is 16.7 Å². The van der Waals surface area contributed by atoms with Gasteiger partial charge in [-0.15, -0.1) is 0 Å². The van der Waals surface area contributed by atoms with Crippen molar-refractivity contribution in [3.63, 3.8) is 0 Å². The monoisotopic (exact) mass is 349 g/mol. The number of halogens is 1. The summed E-state index contributed by atoms with van der Waals surface area (Å²) in [6, 6.07) is 9.88. The second-order valence-electron chi connectivity index (χ2n) is 5.61. The Balaban J connectivity index is 1.97. The Morgan fingerprint density at radius 3 is 2.46 bits per heavy atom. The largest absolute Gasteiger partial charge is 0.493 e. The lowest BCUT2D eigenvalue weighted by molar-refractivity contribution is 0.210. The number of nitrogens with two attached hydrogens (primary N) is 1. The molecule has 0 amide bonds. The van der Waals surface area contributed by atoms with E-state index in [9.17, 15) is 0 Å². The standard InChI is InChI=1S/C19H24ClNO3/c1-13-4-5-14(2)17(10-13)23-8-9-24-19-16(20)11-15(6-7-21)12-18(19)22-3/h4-5,10-12H,6-9,21H2,1-3H3. The Morgan fingerprint density at radius 2 is 1.75 bits per heavy atom. The van der Waals surface area contributed by atoms with Gasteiger partial charge in [0.15, 0.2) is 11.5 Å². The van der Waals surface area contributed by atoms with Crippen molar-refractivity contribution in [1.82, 2.24) is 0 Å². The lowest BCUT2D eigenvalue weighted by Crippen LogP contribution is -2.11. The molecule has 2 N–H and O–H groups in total. The fourth-order valence-electron chi connectivity index (χ4n) is 2.38. The highest BCUT2D eigenvalue weighted by Gasteiger charge is 2.12. The molecule has 0 heterocycles. The number of aryl methyl sites for hydroxylation is 2. The van der Waals surface area contributed by atoms with Gasteiger partial charge in [0.25, 0.3) is 0 Å². The lowest BCUT2D eigenvalue weighted by Gasteiger charge is -2.15. The molecule has 2 aromatic carbocycles. The predicted molar refractivity (Wildman–Crippen MR) is 97.7 cm³/mol. The quantitative estimate of drug-likeness (QED) is 0.734. The van der Waals surface area contributed by atoms with E-state index in [0.717, 1.165) is 28.9 Å². The Hall–Kier alpha value is -1.91. The maximum atomic E-state index is 6.30. The highest BCUT2D eigenvalue weighted by molar-refractivity contribution is 6.32. The van der Waals surface area contributed by atoms with Gasteiger partial charge in [0.05, 0.1) is 12.1 Å². The van der Waals surface area contributed by atoms with Crippen molar-refractivity contribution in [2.45, 2.75) is 20.3 Å². The zero-order valence-corrected chi connectivity index (χ0v) is 15.2. The van der Waals surface area contributed by atoms with E-state index >= 15 is 0 Å². The van der Waals surface area contributed by atoms with Gasteiger partial charge in [0.1, 0.15) is 19.0 Å². The van der Waals surface area contributed by atoms with E-state index in [1.807, 2.05) is 38.1 Å². The van der Waals surface area contributed by atoms with Gasteiger partial charge >= 0.3 is 0 Å². The minimum Gasteiger partial charge on any atom is -0.493 e. The average molecular weight is 350 g/mol. The Bertz CT molecular complexity index is 689. The first-order valence-corrected chi connectivity index (χ1v) is 8.32. The molecule has 0 radical (unpaired) electrons. The van der Waals surface area contributed by atoms with Crippen molar-refractivity contribution >= 4 is 11.6 Å². The Labute approximate surface area is 148 Å². The molecule has 0 aliphatic carbocycles. The van der Waals surface area contributed by atoms with Crippen molar-refractivity contribution in [2.24, 2.45) is 5.73 Å². The first kappa shape index (κ1) is 18.4. The van der Waals surface area contributed by atoms with Crippen LogP contribution in [-0.2, 0) is 6.42 Å². The van der Waals surface area contributed by atoms with Gasteiger partial charge < -0.3 is 19.9 Å². The number of hydrogen-bond acceptors (Lipinski definition) is 4. The number of hydrogen-bond donors (Lipinski definition) is 1. The SMILES string of the molecule is COc1cc(CCN)cc(Cl)c1OCCOc1cc(C)ccc1C. The third kappa shape index (κ3) is 4.79. The van der Waals surface area contributed by atoms with Crippen LogP contribution in [0.2, 0.25) is 5.02 Å². The summed E-state index contributed by atoms with van der Waals surface area (Å²) >= 11 is 6.30. The molecule has 0 aromatic heterocycles. The van der Waals surface area contributed by atoms with Gasteiger partial charge in [0.2, 0.25) is 0 Å². The molecule has 0 aliphatic rings. The minimum atomic E-state index is 0.375. The minimum absolute atomic E-state index is 0.375. The van der Waals surface area contributed by atoms with Gasteiger partial charge in [-0.3, -0.25) is 0 Å². The summed E-state index contributed by atoms with van der Waals surface area (Å²) in [5.41, 5.74) is 8.87. The van der Waals surface area contributed by atoms with Crippen LogP contribution in [0.25, 0.3) is 0 Å². The Morgan fingerprint density at radius 1 is 1.00 bits per heavy atom. The van der Waals surface area contributed by atoms with E-state index in [1.165, 1.54) is 0 Å². The predicted octanol–water partition coefficient (Wildman–Crippen LogP) is 3.92. The molecule has 2 aromatic rings. The van der Waals surface area contributed by atoms with Crippen LogP contribution >= 0.6 is 11.6 Å². The molecular weight excluding hydrogens is 326 g/mol. The number of benzene rings is 2. The summed E-state index contributed by atoms with van der Waals surface area (Å²) < 4.78 is 16.9. The van der Waals surface area contributed by atoms with Crippen molar-refractivity contribution in [3.8, 4) is 17.2 Å². The lowest BCUT2D eigenvalue weighted by atomic mass is 10.1. The molecule has 4 nitrogen and oxygen atoms in total. The molecule has 0 atom stereocenters. The van der Waals surface area contributed by atoms with Gasteiger partial charge in [-0.1, -0.05) is 23.7 Å². The second-order valence-corrected chi connectivity index (χ2v) is 6.02. The molecule has 0 aliphatic heterocycles. The van der Waals surface area contributed by atoms with Crippen molar-refractivity contribution in [3.05, 3.63) is 52.0 Å². The summed E-state index contributed by atoms with van der Waals surface area (Å²) in [5, 5.41) is 0.518. The normalized spacial score (nSPS) is 10.5. The number of rotatable bonds is 8. The summed E-state index contributed by atoms with van der Waals surface area (Å²) in [4.78, 5) is 0. The van der Waals surface area contributed by atoms with E-state index in [1.54, 1.807) is 7.11 Å². The molecule has 24 heavy (non-hydrogen) atoms. The zero-order chi connectivity index (χ0) is 17.5. The van der Waals surface area contributed by atoms with Crippen molar-refractivity contribution < 1.29 is 14.2 Å². The third-order valence-corrected chi connectivity index (χ3v) is 3.93. The van der Waals surface area contributed by atoms with E-state index in [4.69, 9.17) is 31.5 Å². The molecule has 0 unspecified atom stereocenters. The zero-order valence-electron chi connectivity index (χ0n) is 14.4. The molecule has 0 fully saturated rings. The molecule has 0 spiro atoms. The third-order valence-electron chi connectivity index (χ3n) is 3.65. The van der Waals surface area contributed by atoms with Crippen LogP contribution in [0.4, 0.5) is 0 Å². The maximum Gasteiger partial charge on any atom is 0.179 e. The summed E-state index contributed by atoms with van der Waals surface area (Å²) in [6.07, 6.45) is 0.742. The molecule has 2 rings (SSSR count). The van der Waals surface area contributed by atoms with Gasteiger partial charge in [-0.2, -0.15) is 0 Å². The summed E-state index contributed by atoms with van der Waals surface area (Å²) in [6.45, 7) is 5.42. The number of ether oxygens (including phenoxy) is 3. The van der Waals surface area contributed by atoms with E-state index < -0.39 is 0 Å². The smallest absolute Gasteiger partial charge is 0.179 e. The molecule has 5 heteroatoms. The van der Waals surface area contributed by atoms with E-state index in [-0.39, 0.29) is 0 Å². The molecule has 0 bridgehead atoms. The van der Waals surface area contributed by atoms with Gasteiger partial charge in [0, 0.05) is 0 Å². The Kier molecular flexibility index (Phi) is 6.76. The first-order chi connectivity index (χ1) is 11.5. The van der Waals surface area contributed by atoms with E-state index in [0.29, 0.717) is 36.3 Å². The first-order valence-electron chi connectivity index (χ1n) is 7.94. The molecule has 130 valence electrons. The number of methoxy groups -OCH3 is 1.